The molecule has 158 valence electrons. The Hall–Kier alpha value is -1.31. The molecule has 1 atom stereocenters. The van der Waals surface area contributed by atoms with Gasteiger partial charge in [-0.05, 0) is 12.8 Å². The van der Waals surface area contributed by atoms with E-state index in [9.17, 15) is 13.2 Å². The number of nitrogens with zero attached hydrogens (tertiary/aromatic N) is 1. The van der Waals surface area contributed by atoms with Gasteiger partial charge in [-0.2, -0.15) is 0 Å². The third-order valence-electron chi connectivity index (χ3n) is 4.79. The van der Waals surface area contributed by atoms with Gasteiger partial charge in [0.1, 0.15) is 0 Å². The predicted octanol–water partition coefficient (Wildman–Crippen LogP) is 1.99. The van der Waals surface area contributed by atoms with Crippen LogP contribution in [0.5, 0.6) is 0 Å². The van der Waals surface area contributed by atoms with Crippen LogP contribution in [0.15, 0.2) is 4.99 Å². The number of nitrogens with one attached hydrogen (secondary N) is 3. The molecule has 0 bridgehead atoms. The van der Waals surface area contributed by atoms with E-state index in [1.165, 1.54) is 44.9 Å². The number of sulfone groups is 1. The number of guanidine groups is 1. The van der Waals surface area contributed by atoms with E-state index < -0.39 is 9.84 Å². The molecule has 1 rings (SSSR count). The van der Waals surface area contributed by atoms with Crippen molar-refractivity contribution in [2.45, 2.75) is 77.2 Å². The Kier molecular flexibility index (Phi) is 12.1. The SMILES string of the molecule is CCCCCCCCCCNC(=NC)NCCC(=O)NC1CCS(=O)(=O)C1. The zero-order valence-electron chi connectivity index (χ0n) is 17.1. The van der Waals surface area contributed by atoms with Gasteiger partial charge in [-0.1, -0.05) is 51.9 Å². The number of carbonyl (C=O) groups excluding carboxylic acids is 1. The van der Waals surface area contributed by atoms with E-state index in [1.807, 2.05) is 0 Å². The number of rotatable bonds is 13. The summed E-state index contributed by atoms with van der Waals surface area (Å²) in [6, 6.07) is -0.234. The van der Waals surface area contributed by atoms with Crippen LogP contribution in [-0.4, -0.2) is 58.0 Å². The summed E-state index contributed by atoms with van der Waals surface area (Å²) < 4.78 is 22.8. The van der Waals surface area contributed by atoms with Crippen LogP contribution in [0, 0.1) is 0 Å². The second kappa shape index (κ2) is 13.8. The van der Waals surface area contributed by atoms with E-state index >= 15 is 0 Å². The van der Waals surface area contributed by atoms with Crippen molar-refractivity contribution in [1.29, 1.82) is 0 Å². The summed E-state index contributed by atoms with van der Waals surface area (Å²) in [5.74, 6) is 0.816. The summed E-state index contributed by atoms with van der Waals surface area (Å²) in [4.78, 5) is 16.1. The summed E-state index contributed by atoms with van der Waals surface area (Å²) in [6.45, 7) is 3.59. The third kappa shape index (κ3) is 11.9. The first-order valence-corrected chi connectivity index (χ1v) is 12.2. The van der Waals surface area contributed by atoms with Crippen LogP contribution >= 0.6 is 0 Å². The van der Waals surface area contributed by atoms with Crippen LogP contribution in [0.4, 0.5) is 0 Å². The first kappa shape index (κ1) is 23.7. The molecule has 3 N–H and O–H groups in total. The molecule has 1 fully saturated rings. The molecule has 0 spiro atoms. The molecule has 0 aromatic carbocycles. The predicted molar refractivity (Wildman–Crippen MR) is 112 cm³/mol. The van der Waals surface area contributed by atoms with Crippen LogP contribution < -0.4 is 16.0 Å². The maximum atomic E-state index is 11.9. The lowest BCUT2D eigenvalue weighted by Crippen LogP contribution is -2.41. The Labute approximate surface area is 165 Å². The monoisotopic (exact) mass is 402 g/mol. The fourth-order valence-electron chi connectivity index (χ4n) is 3.19. The van der Waals surface area contributed by atoms with Gasteiger partial charge in [0.25, 0.3) is 0 Å². The summed E-state index contributed by atoms with van der Waals surface area (Å²) in [5, 5.41) is 9.18. The van der Waals surface area contributed by atoms with Crippen molar-refractivity contribution in [3.8, 4) is 0 Å². The molecule has 7 nitrogen and oxygen atoms in total. The maximum Gasteiger partial charge on any atom is 0.222 e. The lowest BCUT2D eigenvalue weighted by Gasteiger charge is -2.13. The van der Waals surface area contributed by atoms with Crippen molar-refractivity contribution in [2.75, 3.05) is 31.6 Å². The molecule has 0 aromatic heterocycles. The van der Waals surface area contributed by atoms with Gasteiger partial charge >= 0.3 is 0 Å². The summed E-state index contributed by atoms with van der Waals surface area (Å²) in [7, 11) is -1.25. The smallest absolute Gasteiger partial charge is 0.222 e. The quantitative estimate of drug-likeness (QED) is 0.248. The average Bonchev–Trinajstić information content (AvgIpc) is 2.97. The standard InChI is InChI=1S/C19H38N4O3S/c1-3-4-5-6-7-8-9-10-13-21-19(20-2)22-14-11-18(24)23-17-12-15-27(25,26)16-17/h17H,3-16H2,1-2H3,(H,23,24)(H2,20,21,22). The highest BCUT2D eigenvalue weighted by Gasteiger charge is 2.28. The highest BCUT2D eigenvalue weighted by atomic mass is 32.2. The van der Waals surface area contributed by atoms with Crippen LogP contribution in [0.1, 0.15) is 71.1 Å². The molecule has 0 aliphatic carbocycles. The van der Waals surface area contributed by atoms with Gasteiger partial charge in [0.2, 0.25) is 5.91 Å². The Morgan fingerprint density at radius 2 is 1.63 bits per heavy atom. The van der Waals surface area contributed by atoms with Crippen molar-refractivity contribution in [2.24, 2.45) is 4.99 Å². The zero-order valence-corrected chi connectivity index (χ0v) is 17.9. The van der Waals surface area contributed by atoms with Gasteiger partial charge in [-0.3, -0.25) is 9.79 Å². The van der Waals surface area contributed by atoms with Crippen molar-refractivity contribution in [3.05, 3.63) is 0 Å². The van der Waals surface area contributed by atoms with E-state index in [-0.39, 0.29) is 23.5 Å². The fourth-order valence-corrected chi connectivity index (χ4v) is 4.86. The van der Waals surface area contributed by atoms with E-state index in [4.69, 9.17) is 0 Å². The second-order valence-corrected chi connectivity index (χ2v) is 9.55. The van der Waals surface area contributed by atoms with Crippen LogP contribution in [0.2, 0.25) is 0 Å². The second-order valence-electron chi connectivity index (χ2n) is 7.32. The first-order valence-electron chi connectivity index (χ1n) is 10.4. The molecular formula is C19H38N4O3S. The first-order chi connectivity index (χ1) is 13.0. The van der Waals surface area contributed by atoms with Gasteiger partial charge in [0, 0.05) is 32.6 Å². The molecule has 1 amide bonds. The zero-order chi connectivity index (χ0) is 20.0. The highest BCUT2D eigenvalue weighted by Crippen LogP contribution is 2.11. The van der Waals surface area contributed by atoms with Crippen molar-refractivity contribution >= 4 is 21.7 Å². The Bertz CT molecular complexity index is 549. The van der Waals surface area contributed by atoms with Crippen LogP contribution in [0.25, 0.3) is 0 Å². The fraction of sp³-hybridized carbons (Fsp3) is 0.895. The molecule has 1 aliphatic heterocycles. The average molecular weight is 403 g/mol. The van der Waals surface area contributed by atoms with E-state index in [1.54, 1.807) is 7.05 Å². The molecule has 1 unspecified atom stereocenters. The Morgan fingerprint density at radius 1 is 1.00 bits per heavy atom. The summed E-state index contributed by atoms with van der Waals surface area (Å²) >= 11 is 0. The molecule has 1 aliphatic rings. The molecule has 0 saturated carbocycles. The highest BCUT2D eigenvalue weighted by molar-refractivity contribution is 7.91. The molecule has 0 aromatic rings. The van der Waals surface area contributed by atoms with Gasteiger partial charge in [0.05, 0.1) is 11.5 Å². The Morgan fingerprint density at radius 3 is 2.22 bits per heavy atom. The lowest BCUT2D eigenvalue weighted by atomic mass is 10.1. The number of amides is 1. The minimum absolute atomic E-state index is 0.0635. The van der Waals surface area contributed by atoms with Gasteiger partial charge in [0.15, 0.2) is 15.8 Å². The summed E-state index contributed by atoms with van der Waals surface area (Å²) in [6.07, 6.45) is 11.1. The minimum atomic E-state index is -2.96. The normalized spacial score (nSPS) is 19.0. The van der Waals surface area contributed by atoms with Crippen molar-refractivity contribution in [1.82, 2.24) is 16.0 Å². The van der Waals surface area contributed by atoms with Gasteiger partial charge in [-0.25, -0.2) is 8.42 Å². The molecule has 0 radical (unpaired) electrons. The van der Waals surface area contributed by atoms with Crippen molar-refractivity contribution < 1.29 is 13.2 Å². The number of hydrogen-bond acceptors (Lipinski definition) is 4. The lowest BCUT2D eigenvalue weighted by molar-refractivity contribution is -0.121. The molecule has 1 saturated heterocycles. The van der Waals surface area contributed by atoms with Gasteiger partial charge < -0.3 is 16.0 Å². The number of aliphatic imine (C=N–C) groups is 1. The van der Waals surface area contributed by atoms with Crippen LogP contribution in [0.3, 0.4) is 0 Å². The van der Waals surface area contributed by atoms with Crippen molar-refractivity contribution in [3.63, 3.8) is 0 Å². The number of carbonyl (C=O) groups is 1. The molecular weight excluding hydrogens is 364 g/mol. The number of unbranched alkanes of at least 4 members (excludes halogenated alkanes) is 7. The van der Waals surface area contributed by atoms with E-state index in [2.05, 4.69) is 27.9 Å². The number of hydrogen-bond donors (Lipinski definition) is 3. The van der Waals surface area contributed by atoms with Crippen LogP contribution in [-0.2, 0) is 14.6 Å². The Balaban J connectivity index is 2.02. The third-order valence-corrected chi connectivity index (χ3v) is 6.56. The molecule has 1 heterocycles. The minimum Gasteiger partial charge on any atom is -0.356 e. The van der Waals surface area contributed by atoms with E-state index in [0.29, 0.717) is 25.3 Å². The topological polar surface area (TPSA) is 99.7 Å². The van der Waals surface area contributed by atoms with Gasteiger partial charge in [-0.15, -0.1) is 0 Å². The maximum absolute atomic E-state index is 11.9. The van der Waals surface area contributed by atoms with E-state index in [0.717, 1.165) is 13.0 Å². The summed E-state index contributed by atoms with van der Waals surface area (Å²) in [5.41, 5.74) is 0. The largest absolute Gasteiger partial charge is 0.356 e. The molecule has 27 heavy (non-hydrogen) atoms. The molecule has 8 heteroatoms.